The molecule has 0 spiro atoms. The van der Waals surface area contributed by atoms with E-state index in [9.17, 15) is 9.59 Å². The Morgan fingerprint density at radius 3 is 2.58 bits per heavy atom. The summed E-state index contributed by atoms with van der Waals surface area (Å²) in [6.45, 7) is 4.92. The molecular weight excluding hydrogens is 304 g/mol. The number of nitriles is 1. The largest absolute Gasteiger partial charge is 0.338 e. The van der Waals surface area contributed by atoms with E-state index in [1.807, 2.05) is 19.9 Å². The standard InChI is InChI=1S/C18H18N4O2/c1-3-22(4-2)18(24)16-11-13(9-10-20-16)17(23)21-15-8-6-5-7-14(15)12-19/h5-11H,3-4H2,1-2H3,(H,21,23). The van der Waals surface area contributed by atoms with Gasteiger partial charge < -0.3 is 10.2 Å². The molecule has 24 heavy (non-hydrogen) atoms. The molecular formula is C18H18N4O2. The second kappa shape index (κ2) is 7.88. The van der Waals surface area contributed by atoms with Crippen molar-refractivity contribution in [1.82, 2.24) is 9.88 Å². The van der Waals surface area contributed by atoms with Crippen molar-refractivity contribution in [2.75, 3.05) is 18.4 Å². The van der Waals surface area contributed by atoms with Crippen molar-refractivity contribution < 1.29 is 9.59 Å². The Labute approximate surface area is 140 Å². The van der Waals surface area contributed by atoms with E-state index in [2.05, 4.69) is 10.3 Å². The van der Waals surface area contributed by atoms with Crippen LogP contribution in [-0.4, -0.2) is 34.8 Å². The topological polar surface area (TPSA) is 86.1 Å². The number of anilines is 1. The van der Waals surface area contributed by atoms with Gasteiger partial charge in [-0.2, -0.15) is 5.26 Å². The number of para-hydroxylation sites is 1. The molecule has 122 valence electrons. The lowest BCUT2D eigenvalue weighted by Gasteiger charge is -2.18. The summed E-state index contributed by atoms with van der Waals surface area (Å²) < 4.78 is 0. The zero-order valence-electron chi connectivity index (χ0n) is 13.6. The van der Waals surface area contributed by atoms with E-state index in [1.165, 1.54) is 18.3 Å². The van der Waals surface area contributed by atoms with Gasteiger partial charge in [-0.05, 0) is 38.1 Å². The molecule has 0 aliphatic carbocycles. The van der Waals surface area contributed by atoms with Crippen LogP contribution in [0.25, 0.3) is 0 Å². The maximum absolute atomic E-state index is 12.4. The Morgan fingerprint density at radius 1 is 1.21 bits per heavy atom. The number of pyridine rings is 1. The average Bonchev–Trinajstić information content (AvgIpc) is 2.63. The highest BCUT2D eigenvalue weighted by Crippen LogP contribution is 2.15. The van der Waals surface area contributed by atoms with E-state index in [0.29, 0.717) is 29.9 Å². The lowest BCUT2D eigenvalue weighted by atomic mass is 10.1. The second-order valence-electron chi connectivity index (χ2n) is 5.02. The van der Waals surface area contributed by atoms with Gasteiger partial charge in [0.05, 0.1) is 11.3 Å². The molecule has 0 aliphatic heterocycles. The maximum atomic E-state index is 12.4. The van der Waals surface area contributed by atoms with E-state index in [4.69, 9.17) is 5.26 Å². The van der Waals surface area contributed by atoms with Gasteiger partial charge in [-0.3, -0.25) is 14.6 Å². The highest BCUT2D eigenvalue weighted by Gasteiger charge is 2.16. The second-order valence-corrected chi connectivity index (χ2v) is 5.02. The summed E-state index contributed by atoms with van der Waals surface area (Å²) in [5.41, 5.74) is 1.34. The molecule has 0 atom stereocenters. The van der Waals surface area contributed by atoms with Gasteiger partial charge >= 0.3 is 0 Å². The summed E-state index contributed by atoms with van der Waals surface area (Å²) in [5, 5.41) is 11.8. The van der Waals surface area contributed by atoms with E-state index < -0.39 is 5.91 Å². The van der Waals surface area contributed by atoms with E-state index in [1.54, 1.807) is 29.2 Å². The minimum Gasteiger partial charge on any atom is -0.338 e. The van der Waals surface area contributed by atoms with Gasteiger partial charge in [0, 0.05) is 24.8 Å². The minimum atomic E-state index is -0.395. The average molecular weight is 322 g/mol. The molecule has 2 aromatic rings. The first-order chi connectivity index (χ1) is 11.6. The van der Waals surface area contributed by atoms with Gasteiger partial charge in [-0.25, -0.2) is 0 Å². The zero-order valence-corrected chi connectivity index (χ0v) is 13.6. The van der Waals surface area contributed by atoms with Gasteiger partial charge in [-0.15, -0.1) is 0 Å². The molecule has 0 bridgehead atoms. The molecule has 1 N–H and O–H groups in total. The van der Waals surface area contributed by atoms with Crippen molar-refractivity contribution in [1.29, 1.82) is 5.26 Å². The fourth-order valence-electron chi connectivity index (χ4n) is 2.25. The van der Waals surface area contributed by atoms with E-state index in [0.717, 1.165) is 0 Å². The van der Waals surface area contributed by atoms with Crippen LogP contribution in [-0.2, 0) is 0 Å². The van der Waals surface area contributed by atoms with Crippen molar-refractivity contribution in [3.63, 3.8) is 0 Å². The number of nitrogens with one attached hydrogen (secondary N) is 1. The molecule has 1 heterocycles. The number of amides is 2. The van der Waals surface area contributed by atoms with Crippen LogP contribution in [0.1, 0.15) is 40.3 Å². The molecule has 0 fully saturated rings. The number of hydrogen-bond donors (Lipinski definition) is 1. The Bertz CT molecular complexity index is 792. The molecule has 1 aromatic heterocycles. The van der Waals surface area contributed by atoms with Crippen LogP contribution in [0.2, 0.25) is 0 Å². The van der Waals surface area contributed by atoms with E-state index >= 15 is 0 Å². The Morgan fingerprint density at radius 2 is 1.92 bits per heavy atom. The smallest absolute Gasteiger partial charge is 0.272 e. The summed E-state index contributed by atoms with van der Waals surface area (Å²) in [6, 6.07) is 11.8. The lowest BCUT2D eigenvalue weighted by molar-refractivity contribution is 0.0767. The molecule has 0 saturated heterocycles. The van der Waals surface area contributed by atoms with Crippen molar-refractivity contribution in [3.05, 3.63) is 59.4 Å². The molecule has 2 rings (SSSR count). The van der Waals surface area contributed by atoms with Crippen LogP contribution < -0.4 is 5.32 Å². The SMILES string of the molecule is CCN(CC)C(=O)c1cc(C(=O)Nc2ccccc2C#N)ccn1. The number of aromatic nitrogens is 1. The highest BCUT2D eigenvalue weighted by atomic mass is 16.2. The van der Waals surface area contributed by atoms with E-state index in [-0.39, 0.29) is 11.6 Å². The summed E-state index contributed by atoms with van der Waals surface area (Å²) >= 11 is 0. The number of rotatable bonds is 5. The monoisotopic (exact) mass is 322 g/mol. The molecule has 0 aliphatic rings. The molecule has 0 radical (unpaired) electrons. The quantitative estimate of drug-likeness (QED) is 0.917. The predicted octanol–water partition coefficient (Wildman–Crippen LogP) is 2.69. The third-order valence-electron chi connectivity index (χ3n) is 3.59. The van der Waals surface area contributed by atoms with Crippen molar-refractivity contribution in [3.8, 4) is 6.07 Å². The zero-order chi connectivity index (χ0) is 17.5. The minimum absolute atomic E-state index is 0.216. The molecule has 2 amide bonds. The van der Waals surface area contributed by atoms with Crippen molar-refractivity contribution in [2.45, 2.75) is 13.8 Å². The van der Waals surface area contributed by atoms with Gasteiger partial charge in [-0.1, -0.05) is 12.1 Å². The first-order valence-electron chi connectivity index (χ1n) is 7.66. The number of benzene rings is 1. The number of carbonyl (C=O) groups excluding carboxylic acids is 2. The lowest BCUT2D eigenvalue weighted by Crippen LogP contribution is -2.31. The van der Waals surface area contributed by atoms with Gasteiger partial charge in [0.1, 0.15) is 11.8 Å². The molecule has 1 aromatic carbocycles. The van der Waals surface area contributed by atoms with Crippen LogP contribution in [0, 0.1) is 11.3 Å². The first kappa shape index (κ1) is 17.2. The molecule has 6 heteroatoms. The molecule has 0 saturated carbocycles. The first-order valence-corrected chi connectivity index (χ1v) is 7.66. The Hall–Kier alpha value is -3.20. The van der Waals surface area contributed by atoms with Crippen LogP contribution in [0.4, 0.5) is 5.69 Å². The molecule has 0 unspecified atom stereocenters. The maximum Gasteiger partial charge on any atom is 0.272 e. The highest BCUT2D eigenvalue weighted by molar-refractivity contribution is 6.06. The fraction of sp³-hybridized carbons (Fsp3) is 0.222. The van der Waals surface area contributed by atoms with Crippen LogP contribution in [0.5, 0.6) is 0 Å². The number of hydrogen-bond acceptors (Lipinski definition) is 4. The fourth-order valence-corrected chi connectivity index (χ4v) is 2.25. The third-order valence-corrected chi connectivity index (χ3v) is 3.59. The van der Waals surface area contributed by atoms with Crippen molar-refractivity contribution in [2.24, 2.45) is 0 Å². The number of nitrogens with zero attached hydrogens (tertiary/aromatic N) is 3. The van der Waals surface area contributed by atoms with Crippen LogP contribution in [0.15, 0.2) is 42.6 Å². The van der Waals surface area contributed by atoms with Gasteiger partial charge in [0.25, 0.3) is 11.8 Å². The van der Waals surface area contributed by atoms with Crippen molar-refractivity contribution >= 4 is 17.5 Å². The Kier molecular flexibility index (Phi) is 5.63. The summed E-state index contributed by atoms with van der Waals surface area (Å²) in [7, 11) is 0. The summed E-state index contributed by atoms with van der Waals surface area (Å²) in [5.74, 6) is -0.610. The summed E-state index contributed by atoms with van der Waals surface area (Å²) in [4.78, 5) is 30.4. The number of carbonyl (C=O) groups is 2. The Balaban J connectivity index is 2.24. The van der Waals surface area contributed by atoms with Crippen LogP contribution >= 0.6 is 0 Å². The third kappa shape index (κ3) is 3.76. The molecule has 6 nitrogen and oxygen atoms in total. The van der Waals surface area contributed by atoms with Gasteiger partial charge in [0.2, 0.25) is 0 Å². The summed E-state index contributed by atoms with van der Waals surface area (Å²) in [6.07, 6.45) is 1.43. The predicted molar refractivity (Wildman–Crippen MR) is 90.6 cm³/mol. The van der Waals surface area contributed by atoms with Gasteiger partial charge in [0.15, 0.2) is 0 Å². The van der Waals surface area contributed by atoms with Crippen LogP contribution in [0.3, 0.4) is 0 Å². The normalized spacial score (nSPS) is 9.88.